The van der Waals surface area contributed by atoms with Gasteiger partial charge in [0.15, 0.2) is 15.2 Å². The van der Waals surface area contributed by atoms with Crippen LogP contribution < -0.4 is 4.80 Å². The van der Waals surface area contributed by atoms with Gasteiger partial charge in [-0.3, -0.25) is 9.59 Å². The highest BCUT2D eigenvalue weighted by atomic mass is 79.9. The lowest BCUT2D eigenvalue weighted by molar-refractivity contribution is -0.141. The van der Waals surface area contributed by atoms with E-state index in [1.54, 1.807) is 35.8 Å². The zero-order valence-electron chi connectivity index (χ0n) is 14.9. The van der Waals surface area contributed by atoms with Gasteiger partial charge in [0, 0.05) is 0 Å². The highest BCUT2D eigenvalue weighted by molar-refractivity contribution is 9.10. The van der Waals surface area contributed by atoms with E-state index >= 15 is 0 Å². The van der Waals surface area contributed by atoms with Gasteiger partial charge in [-0.2, -0.15) is 4.99 Å². The standard InChI is InChI=1S/C18H15BrN2O6S/c1-3-26-17(24)10-4-5-11-13(8-10)28-18(21(11)9-15(22)25-2)20-16(23)12-6-7-14(19)27-12/h4-8H,3,9H2,1-2H3. The zero-order chi connectivity index (χ0) is 20.3. The fraction of sp³-hybridized carbons (Fsp3) is 0.222. The summed E-state index contributed by atoms with van der Waals surface area (Å²) in [6.45, 7) is 1.85. The molecule has 0 saturated carbocycles. The van der Waals surface area contributed by atoms with Crippen LogP contribution in [0.5, 0.6) is 0 Å². The van der Waals surface area contributed by atoms with Crippen molar-refractivity contribution in [3.05, 3.63) is 51.1 Å². The van der Waals surface area contributed by atoms with Crippen LogP contribution in [0.25, 0.3) is 10.2 Å². The number of amides is 1. The average molecular weight is 467 g/mol. The molecule has 10 heteroatoms. The lowest BCUT2D eigenvalue weighted by Crippen LogP contribution is -2.22. The summed E-state index contributed by atoms with van der Waals surface area (Å²) >= 11 is 4.30. The summed E-state index contributed by atoms with van der Waals surface area (Å²) in [5.74, 6) is -1.49. The van der Waals surface area contributed by atoms with Crippen molar-refractivity contribution in [3.63, 3.8) is 0 Å². The molecule has 0 spiro atoms. The number of nitrogens with zero attached hydrogens (tertiary/aromatic N) is 2. The number of hydrogen-bond acceptors (Lipinski definition) is 7. The van der Waals surface area contributed by atoms with Gasteiger partial charge in [-0.25, -0.2) is 4.79 Å². The van der Waals surface area contributed by atoms with Crippen LogP contribution in [0.2, 0.25) is 0 Å². The summed E-state index contributed by atoms with van der Waals surface area (Å²) in [4.78, 5) is 40.6. The quantitative estimate of drug-likeness (QED) is 0.535. The van der Waals surface area contributed by atoms with Crippen molar-refractivity contribution in [1.82, 2.24) is 4.57 Å². The molecule has 2 aromatic heterocycles. The Morgan fingerprint density at radius 1 is 1.25 bits per heavy atom. The Kier molecular flexibility index (Phi) is 6.10. The Morgan fingerprint density at radius 2 is 2.04 bits per heavy atom. The number of carbonyl (C=O) groups is 3. The monoisotopic (exact) mass is 466 g/mol. The lowest BCUT2D eigenvalue weighted by Gasteiger charge is -2.04. The first kappa shape index (κ1) is 20.0. The van der Waals surface area contributed by atoms with Gasteiger partial charge in [0.25, 0.3) is 0 Å². The SMILES string of the molecule is CCOC(=O)c1ccc2c(c1)sc(=NC(=O)c1ccc(Br)o1)n2CC(=O)OC. The number of benzene rings is 1. The summed E-state index contributed by atoms with van der Waals surface area (Å²) in [5.41, 5.74) is 1.00. The maximum absolute atomic E-state index is 12.4. The molecule has 0 unspecified atom stereocenters. The molecular weight excluding hydrogens is 452 g/mol. The first-order chi connectivity index (χ1) is 13.4. The van der Waals surface area contributed by atoms with E-state index in [2.05, 4.69) is 20.9 Å². The maximum Gasteiger partial charge on any atom is 0.338 e. The molecule has 0 aliphatic carbocycles. The van der Waals surface area contributed by atoms with E-state index < -0.39 is 17.8 Å². The molecular formula is C18H15BrN2O6S. The average Bonchev–Trinajstić information content (AvgIpc) is 3.25. The second-order valence-corrected chi connectivity index (χ2v) is 7.26. The van der Waals surface area contributed by atoms with Crippen molar-refractivity contribution < 1.29 is 28.3 Å². The fourth-order valence-electron chi connectivity index (χ4n) is 2.42. The first-order valence-corrected chi connectivity index (χ1v) is 9.75. The number of furan rings is 1. The molecule has 8 nitrogen and oxygen atoms in total. The van der Waals surface area contributed by atoms with Gasteiger partial charge >= 0.3 is 17.8 Å². The van der Waals surface area contributed by atoms with Crippen LogP contribution in [-0.2, 0) is 20.8 Å². The lowest BCUT2D eigenvalue weighted by atomic mass is 10.2. The number of fused-ring (bicyclic) bond motifs is 1. The number of rotatable bonds is 5. The predicted molar refractivity (Wildman–Crippen MR) is 104 cm³/mol. The summed E-state index contributed by atoms with van der Waals surface area (Å²) in [7, 11) is 1.28. The van der Waals surface area contributed by atoms with E-state index in [4.69, 9.17) is 13.9 Å². The van der Waals surface area contributed by atoms with Gasteiger partial charge in [0.1, 0.15) is 6.54 Å². The van der Waals surface area contributed by atoms with Crippen LogP contribution in [0.15, 0.2) is 44.4 Å². The molecule has 0 fully saturated rings. The highest BCUT2D eigenvalue weighted by Gasteiger charge is 2.16. The number of halogens is 1. The molecule has 1 amide bonds. The molecule has 3 aromatic rings. The smallest absolute Gasteiger partial charge is 0.338 e. The highest BCUT2D eigenvalue weighted by Crippen LogP contribution is 2.21. The number of carbonyl (C=O) groups excluding carboxylic acids is 3. The van der Waals surface area contributed by atoms with E-state index in [9.17, 15) is 14.4 Å². The molecule has 146 valence electrons. The van der Waals surface area contributed by atoms with E-state index in [0.717, 1.165) is 11.3 Å². The number of aromatic nitrogens is 1. The van der Waals surface area contributed by atoms with Crippen molar-refractivity contribution in [1.29, 1.82) is 0 Å². The molecule has 0 bridgehead atoms. The van der Waals surface area contributed by atoms with Crippen LogP contribution in [0, 0.1) is 0 Å². The fourth-order valence-corrected chi connectivity index (χ4v) is 3.79. The Balaban J connectivity index is 2.12. The van der Waals surface area contributed by atoms with Gasteiger partial charge < -0.3 is 18.5 Å². The molecule has 0 aliphatic heterocycles. The van der Waals surface area contributed by atoms with E-state index in [1.165, 1.54) is 13.2 Å². The third kappa shape index (κ3) is 4.23. The molecule has 0 saturated heterocycles. The van der Waals surface area contributed by atoms with Crippen LogP contribution in [0.3, 0.4) is 0 Å². The third-order valence-corrected chi connectivity index (χ3v) is 5.16. The molecule has 0 atom stereocenters. The molecule has 28 heavy (non-hydrogen) atoms. The second-order valence-electron chi connectivity index (χ2n) is 5.47. The van der Waals surface area contributed by atoms with Crippen LogP contribution in [0.4, 0.5) is 0 Å². The van der Waals surface area contributed by atoms with Crippen molar-refractivity contribution in [2.24, 2.45) is 4.99 Å². The van der Waals surface area contributed by atoms with E-state index in [-0.39, 0.29) is 23.7 Å². The normalized spacial score (nSPS) is 11.6. The molecule has 3 rings (SSSR count). The number of ether oxygens (including phenoxy) is 2. The van der Waals surface area contributed by atoms with Gasteiger partial charge in [-0.05, 0) is 53.2 Å². The number of methoxy groups -OCH3 is 1. The molecule has 2 heterocycles. The van der Waals surface area contributed by atoms with Gasteiger partial charge in [0.05, 0.1) is 29.5 Å². The molecule has 0 radical (unpaired) electrons. The summed E-state index contributed by atoms with van der Waals surface area (Å²) in [5, 5.41) is 0. The number of hydrogen-bond donors (Lipinski definition) is 0. The Labute approximate surface area is 171 Å². The second kappa shape index (κ2) is 8.53. The van der Waals surface area contributed by atoms with Crippen LogP contribution >= 0.6 is 27.3 Å². The largest absolute Gasteiger partial charge is 0.468 e. The number of thiazole rings is 1. The van der Waals surface area contributed by atoms with Gasteiger partial charge in [-0.1, -0.05) is 11.3 Å². The van der Waals surface area contributed by atoms with Crippen molar-refractivity contribution in [2.45, 2.75) is 13.5 Å². The minimum absolute atomic E-state index is 0.0566. The summed E-state index contributed by atoms with van der Waals surface area (Å²) < 4.78 is 17.6. The Hall–Kier alpha value is -2.72. The van der Waals surface area contributed by atoms with E-state index in [1.807, 2.05) is 0 Å². The molecule has 1 aromatic carbocycles. The van der Waals surface area contributed by atoms with Crippen molar-refractivity contribution in [2.75, 3.05) is 13.7 Å². The molecule has 0 N–H and O–H groups in total. The zero-order valence-corrected chi connectivity index (χ0v) is 17.3. The third-order valence-electron chi connectivity index (χ3n) is 3.69. The maximum atomic E-state index is 12.4. The predicted octanol–water partition coefficient (Wildman–Crippen LogP) is 3.15. The van der Waals surface area contributed by atoms with Crippen molar-refractivity contribution >= 4 is 55.3 Å². The van der Waals surface area contributed by atoms with Crippen LogP contribution in [-0.4, -0.2) is 36.1 Å². The topological polar surface area (TPSA) is 100 Å². The molecule has 0 aliphatic rings. The number of esters is 2. The minimum Gasteiger partial charge on any atom is -0.468 e. The Bertz CT molecular complexity index is 1130. The minimum atomic E-state index is -0.596. The summed E-state index contributed by atoms with van der Waals surface area (Å²) in [6, 6.07) is 7.98. The first-order valence-electron chi connectivity index (χ1n) is 8.14. The van der Waals surface area contributed by atoms with Crippen molar-refractivity contribution in [3.8, 4) is 0 Å². The summed E-state index contributed by atoms with van der Waals surface area (Å²) in [6.07, 6.45) is 0. The Morgan fingerprint density at radius 3 is 2.68 bits per heavy atom. The van der Waals surface area contributed by atoms with Gasteiger partial charge in [-0.15, -0.1) is 0 Å². The van der Waals surface area contributed by atoms with E-state index in [0.29, 0.717) is 20.4 Å². The van der Waals surface area contributed by atoms with Crippen LogP contribution in [0.1, 0.15) is 27.8 Å². The van der Waals surface area contributed by atoms with Gasteiger partial charge in [0.2, 0.25) is 0 Å².